The van der Waals surface area contributed by atoms with Crippen molar-refractivity contribution in [2.75, 3.05) is 32.1 Å². The number of hydrogen-bond acceptors (Lipinski definition) is 10. The van der Waals surface area contributed by atoms with Crippen LogP contribution in [0, 0.1) is 0 Å². The number of likely N-dealkylation sites (N-methyl/N-ethyl adjacent to an activating group) is 1. The highest BCUT2D eigenvalue weighted by Gasteiger charge is 2.37. The second kappa shape index (κ2) is 8.15. The number of ether oxygens (including phenoxy) is 5. The molecule has 0 N–H and O–H groups in total. The molecule has 1 amide bonds. The summed E-state index contributed by atoms with van der Waals surface area (Å²) in [4.78, 5) is 37.1. The van der Waals surface area contributed by atoms with Crippen molar-refractivity contribution in [1.82, 2.24) is 4.90 Å². The molecule has 29 heavy (non-hydrogen) atoms. The Morgan fingerprint density at radius 3 is 2.55 bits per heavy atom. The predicted molar refractivity (Wildman–Crippen MR) is 95.5 cm³/mol. The summed E-state index contributed by atoms with van der Waals surface area (Å²) in [6.07, 6.45) is -2.80. The number of benzene rings is 1. The molecule has 2 aliphatic rings. The van der Waals surface area contributed by atoms with Crippen LogP contribution in [-0.2, 0) is 24.0 Å². The zero-order valence-electron chi connectivity index (χ0n) is 15.7. The number of amides is 1. The third-order valence-electron chi connectivity index (χ3n) is 4.41. The normalized spacial score (nSPS) is 17.6. The fourth-order valence-corrected chi connectivity index (χ4v) is 3.78. The molecule has 3 rings (SSSR count). The van der Waals surface area contributed by atoms with Crippen LogP contribution >= 0.6 is 0 Å². The van der Waals surface area contributed by atoms with Gasteiger partial charge in [-0.1, -0.05) is 0 Å². The van der Waals surface area contributed by atoms with Gasteiger partial charge < -0.3 is 28.6 Å². The van der Waals surface area contributed by atoms with Crippen molar-refractivity contribution < 1.29 is 46.5 Å². The zero-order valence-corrected chi connectivity index (χ0v) is 16.5. The zero-order chi connectivity index (χ0) is 21.2. The number of rotatable bonds is 6. The molecule has 1 fully saturated rings. The number of hydrogen-bond donors (Lipinski definition) is 0. The van der Waals surface area contributed by atoms with Gasteiger partial charge in [0.1, 0.15) is 6.10 Å². The number of sulfone groups is 1. The van der Waals surface area contributed by atoms with Crippen LogP contribution in [0.2, 0.25) is 0 Å². The summed E-state index contributed by atoms with van der Waals surface area (Å²) in [7, 11) is -1.78. The molecule has 0 bridgehead atoms. The molecule has 1 aromatic carbocycles. The molecule has 1 saturated heterocycles. The van der Waals surface area contributed by atoms with Gasteiger partial charge in [-0.2, -0.15) is 0 Å². The highest BCUT2D eigenvalue weighted by atomic mass is 32.2. The summed E-state index contributed by atoms with van der Waals surface area (Å²) in [6.45, 7) is 0.848. The van der Waals surface area contributed by atoms with E-state index in [9.17, 15) is 22.8 Å². The Morgan fingerprint density at radius 1 is 1.17 bits per heavy atom. The van der Waals surface area contributed by atoms with Crippen molar-refractivity contribution >= 4 is 27.9 Å². The number of ketones is 1. The third-order valence-corrected chi connectivity index (χ3v) is 6.17. The van der Waals surface area contributed by atoms with Gasteiger partial charge in [-0.05, 0) is 25.1 Å². The Hall–Kier alpha value is -3.02. The van der Waals surface area contributed by atoms with Gasteiger partial charge in [0.25, 0.3) is 0 Å². The fraction of sp³-hybridized carbons (Fsp3) is 0.471. The second-order valence-electron chi connectivity index (χ2n) is 6.46. The highest BCUT2D eigenvalue weighted by molar-refractivity contribution is 7.92. The van der Waals surface area contributed by atoms with E-state index < -0.39 is 41.0 Å². The standard InChI is InChI=1S/C17H19NO10S/c1-10(15(19)11-3-4-13-14(5-11)25-8-24-13)18(2)16(20)26-9-27-17(21)28-12-6-29(22,23)7-12/h3-5,10,12H,6-9H2,1-2H3. The average Bonchev–Trinajstić information content (AvgIpc) is 3.12. The van der Waals surface area contributed by atoms with E-state index in [1.165, 1.54) is 20.0 Å². The maximum atomic E-state index is 12.6. The molecule has 0 spiro atoms. The Balaban J connectivity index is 1.44. The largest absolute Gasteiger partial charge is 0.511 e. The topological polar surface area (TPSA) is 135 Å². The van der Waals surface area contributed by atoms with Gasteiger partial charge in [-0.15, -0.1) is 0 Å². The average molecular weight is 429 g/mol. The Morgan fingerprint density at radius 2 is 1.86 bits per heavy atom. The minimum absolute atomic E-state index is 0.0771. The van der Waals surface area contributed by atoms with Crippen LogP contribution < -0.4 is 9.47 Å². The monoisotopic (exact) mass is 429 g/mol. The molecule has 2 heterocycles. The minimum Gasteiger partial charge on any atom is -0.454 e. The molecular formula is C17H19NO10S. The van der Waals surface area contributed by atoms with E-state index >= 15 is 0 Å². The van der Waals surface area contributed by atoms with E-state index in [-0.39, 0.29) is 24.1 Å². The Kier molecular flexibility index (Phi) is 5.82. The lowest BCUT2D eigenvalue weighted by molar-refractivity contribution is -0.0330. The van der Waals surface area contributed by atoms with Crippen LogP contribution in [0.5, 0.6) is 11.5 Å². The number of nitrogens with zero attached hydrogens (tertiary/aromatic N) is 1. The summed E-state index contributed by atoms with van der Waals surface area (Å²) in [6, 6.07) is 3.83. The first-order valence-electron chi connectivity index (χ1n) is 8.53. The minimum atomic E-state index is -3.14. The summed E-state index contributed by atoms with van der Waals surface area (Å²) in [5, 5.41) is 0. The van der Waals surface area contributed by atoms with Crippen molar-refractivity contribution in [1.29, 1.82) is 0 Å². The molecule has 0 radical (unpaired) electrons. The van der Waals surface area contributed by atoms with Crippen molar-refractivity contribution in [2.24, 2.45) is 0 Å². The van der Waals surface area contributed by atoms with Crippen molar-refractivity contribution in [3.05, 3.63) is 23.8 Å². The van der Waals surface area contributed by atoms with Crippen molar-refractivity contribution in [2.45, 2.75) is 19.1 Å². The van der Waals surface area contributed by atoms with Crippen LogP contribution in [0.3, 0.4) is 0 Å². The summed E-state index contributed by atoms with van der Waals surface area (Å²) in [5.41, 5.74) is 0.330. The van der Waals surface area contributed by atoms with E-state index in [0.29, 0.717) is 17.1 Å². The van der Waals surface area contributed by atoms with Gasteiger partial charge in [0.05, 0.1) is 17.5 Å². The molecule has 12 heteroatoms. The Labute approximate surface area is 166 Å². The van der Waals surface area contributed by atoms with Gasteiger partial charge in [0, 0.05) is 12.6 Å². The summed E-state index contributed by atoms with van der Waals surface area (Å²) < 4.78 is 46.5. The van der Waals surface area contributed by atoms with Crippen LogP contribution in [0.25, 0.3) is 0 Å². The fourth-order valence-electron chi connectivity index (χ4n) is 2.61. The number of carbonyl (C=O) groups excluding carboxylic acids is 3. The van der Waals surface area contributed by atoms with Crippen molar-refractivity contribution in [3.8, 4) is 11.5 Å². The lowest BCUT2D eigenvalue weighted by atomic mass is 10.0. The lowest BCUT2D eigenvalue weighted by Crippen LogP contribution is -2.44. The van der Waals surface area contributed by atoms with Crippen molar-refractivity contribution in [3.63, 3.8) is 0 Å². The predicted octanol–water partition coefficient (Wildman–Crippen LogP) is 0.963. The maximum Gasteiger partial charge on any atom is 0.511 e. The van der Waals surface area contributed by atoms with E-state index in [1.807, 2.05) is 0 Å². The second-order valence-corrected chi connectivity index (χ2v) is 8.61. The van der Waals surface area contributed by atoms with Crippen LogP contribution in [0.1, 0.15) is 17.3 Å². The van der Waals surface area contributed by atoms with Gasteiger partial charge >= 0.3 is 12.2 Å². The van der Waals surface area contributed by atoms with E-state index in [1.54, 1.807) is 12.1 Å². The quantitative estimate of drug-likeness (QED) is 0.365. The summed E-state index contributed by atoms with van der Waals surface area (Å²) in [5.74, 6) is 0.105. The van der Waals surface area contributed by atoms with Crippen LogP contribution in [0.15, 0.2) is 18.2 Å². The van der Waals surface area contributed by atoms with E-state index in [4.69, 9.17) is 18.9 Å². The first kappa shape index (κ1) is 20.7. The highest BCUT2D eigenvalue weighted by Crippen LogP contribution is 2.33. The summed E-state index contributed by atoms with van der Waals surface area (Å²) >= 11 is 0. The van der Waals surface area contributed by atoms with Gasteiger partial charge in [0.15, 0.2) is 27.1 Å². The molecule has 11 nitrogen and oxygen atoms in total. The van der Waals surface area contributed by atoms with Gasteiger partial charge in [0.2, 0.25) is 13.6 Å². The smallest absolute Gasteiger partial charge is 0.454 e. The SMILES string of the molecule is CC(C(=O)c1ccc2c(c1)OCO2)N(C)C(=O)OCOC(=O)OC1CS(=O)(=O)C1. The molecular weight excluding hydrogens is 410 g/mol. The lowest BCUT2D eigenvalue weighted by Gasteiger charge is -2.25. The first-order valence-corrected chi connectivity index (χ1v) is 10.4. The molecule has 0 saturated carbocycles. The number of Topliss-reactive ketones (excluding diaryl/α,β-unsaturated/α-hetero) is 1. The molecule has 2 aliphatic heterocycles. The molecule has 158 valence electrons. The van der Waals surface area contributed by atoms with Crippen LogP contribution in [0.4, 0.5) is 9.59 Å². The third kappa shape index (κ3) is 4.88. The molecule has 1 unspecified atom stereocenters. The first-order chi connectivity index (χ1) is 13.7. The molecule has 1 aromatic rings. The maximum absolute atomic E-state index is 12.6. The van der Waals surface area contributed by atoms with Gasteiger partial charge in [-0.3, -0.25) is 4.79 Å². The molecule has 0 aliphatic carbocycles. The molecule has 1 atom stereocenters. The number of carbonyl (C=O) groups is 3. The molecule has 0 aromatic heterocycles. The Bertz CT molecular complexity index is 916. The van der Waals surface area contributed by atoms with Crippen LogP contribution in [-0.4, -0.2) is 75.6 Å². The van der Waals surface area contributed by atoms with E-state index in [2.05, 4.69) is 4.74 Å². The number of fused-ring (bicyclic) bond motifs is 1. The van der Waals surface area contributed by atoms with E-state index in [0.717, 1.165) is 4.90 Å². The van der Waals surface area contributed by atoms with Gasteiger partial charge in [-0.25, -0.2) is 18.0 Å².